The molecule has 0 atom stereocenters. The highest BCUT2D eigenvalue weighted by molar-refractivity contribution is 7.20. The van der Waals surface area contributed by atoms with Gasteiger partial charge in [0.25, 0.3) is 5.89 Å². The van der Waals surface area contributed by atoms with Crippen LogP contribution in [0.1, 0.15) is 16.4 Å². The lowest BCUT2D eigenvalue weighted by Crippen LogP contribution is -2.05. The first-order valence-corrected chi connectivity index (χ1v) is 9.10. The van der Waals surface area contributed by atoms with E-state index in [-0.39, 0.29) is 18.2 Å². The molecule has 6 nitrogen and oxygen atoms in total. The van der Waals surface area contributed by atoms with Crippen LogP contribution >= 0.6 is 22.7 Å². The fourth-order valence-corrected chi connectivity index (χ4v) is 3.70. The standard InChI is InChI=1S/C17H11N3O3S2/c21-17(12-10-25-16(18-12)13-7-4-8-24-13)22-9-14-19-15(20-23-14)11-5-2-1-3-6-11/h1-8,10H,9H2. The van der Waals surface area contributed by atoms with E-state index >= 15 is 0 Å². The van der Waals surface area contributed by atoms with E-state index in [1.54, 1.807) is 16.7 Å². The molecule has 0 bridgehead atoms. The number of hydrogen-bond donors (Lipinski definition) is 0. The van der Waals surface area contributed by atoms with Gasteiger partial charge in [0.2, 0.25) is 5.82 Å². The van der Waals surface area contributed by atoms with Crippen molar-refractivity contribution in [2.24, 2.45) is 0 Å². The van der Waals surface area contributed by atoms with Crippen LogP contribution in [0.15, 0.2) is 57.7 Å². The van der Waals surface area contributed by atoms with Crippen molar-refractivity contribution < 1.29 is 14.1 Å². The molecule has 3 heterocycles. The van der Waals surface area contributed by atoms with E-state index < -0.39 is 5.97 Å². The minimum atomic E-state index is -0.515. The number of thiophene rings is 1. The minimum Gasteiger partial charge on any atom is -0.451 e. The van der Waals surface area contributed by atoms with Gasteiger partial charge in [0.15, 0.2) is 12.3 Å². The monoisotopic (exact) mass is 369 g/mol. The number of carbonyl (C=O) groups excluding carboxylic acids is 1. The molecule has 8 heteroatoms. The maximum Gasteiger partial charge on any atom is 0.358 e. The number of nitrogens with zero attached hydrogens (tertiary/aromatic N) is 3. The zero-order chi connectivity index (χ0) is 17.1. The summed E-state index contributed by atoms with van der Waals surface area (Å²) in [6, 6.07) is 13.3. The Morgan fingerprint density at radius 3 is 2.76 bits per heavy atom. The molecule has 4 rings (SSSR count). The summed E-state index contributed by atoms with van der Waals surface area (Å²) in [5.74, 6) is 0.180. The first-order valence-electron chi connectivity index (χ1n) is 7.34. The van der Waals surface area contributed by atoms with Crippen LogP contribution in [-0.4, -0.2) is 21.1 Å². The summed E-state index contributed by atoms with van der Waals surface area (Å²) in [4.78, 5) is 21.7. The zero-order valence-electron chi connectivity index (χ0n) is 12.8. The molecule has 0 amide bonds. The number of aromatic nitrogens is 3. The summed E-state index contributed by atoms with van der Waals surface area (Å²) in [5.41, 5.74) is 1.11. The van der Waals surface area contributed by atoms with Crippen molar-refractivity contribution in [1.29, 1.82) is 0 Å². The lowest BCUT2D eigenvalue weighted by molar-refractivity contribution is 0.0424. The Morgan fingerprint density at radius 2 is 1.96 bits per heavy atom. The van der Waals surface area contributed by atoms with E-state index in [0.717, 1.165) is 15.4 Å². The molecule has 4 aromatic rings. The van der Waals surface area contributed by atoms with E-state index in [0.29, 0.717) is 5.82 Å². The van der Waals surface area contributed by atoms with Crippen LogP contribution < -0.4 is 0 Å². The molecule has 0 aliphatic carbocycles. The molecule has 0 spiro atoms. The van der Waals surface area contributed by atoms with E-state index in [9.17, 15) is 4.79 Å². The number of hydrogen-bond acceptors (Lipinski definition) is 8. The zero-order valence-corrected chi connectivity index (χ0v) is 14.4. The number of benzene rings is 1. The second-order valence-corrected chi connectivity index (χ2v) is 6.77. The van der Waals surface area contributed by atoms with Crippen LogP contribution in [-0.2, 0) is 11.3 Å². The van der Waals surface area contributed by atoms with Gasteiger partial charge in [0, 0.05) is 10.9 Å². The lowest BCUT2D eigenvalue weighted by atomic mass is 10.2. The SMILES string of the molecule is O=C(OCc1nc(-c2ccccc2)no1)c1csc(-c2cccs2)n1. The maximum atomic E-state index is 12.1. The molecule has 124 valence electrons. The third-order valence-electron chi connectivity index (χ3n) is 3.27. The molecule has 0 unspecified atom stereocenters. The summed E-state index contributed by atoms with van der Waals surface area (Å²) in [6.45, 7) is -0.0927. The predicted molar refractivity (Wildman–Crippen MR) is 94.3 cm³/mol. The van der Waals surface area contributed by atoms with Gasteiger partial charge < -0.3 is 9.26 Å². The second kappa shape index (κ2) is 6.96. The van der Waals surface area contributed by atoms with Crippen LogP contribution in [0.25, 0.3) is 21.3 Å². The molecule has 0 fully saturated rings. The molecular weight excluding hydrogens is 358 g/mol. The predicted octanol–water partition coefficient (Wildman–Crippen LogP) is 4.28. The summed E-state index contributed by atoms with van der Waals surface area (Å²) in [6.07, 6.45) is 0. The van der Waals surface area contributed by atoms with Crippen molar-refractivity contribution in [2.75, 3.05) is 0 Å². The average molecular weight is 369 g/mol. The smallest absolute Gasteiger partial charge is 0.358 e. The van der Waals surface area contributed by atoms with Gasteiger partial charge in [0.1, 0.15) is 5.01 Å². The third-order valence-corrected chi connectivity index (χ3v) is 5.15. The van der Waals surface area contributed by atoms with Gasteiger partial charge in [-0.3, -0.25) is 0 Å². The maximum absolute atomic E-state index is 12.1. The van der Waals surface area contributed by atoms with E-state index in [1.165, 1.54) is 11.3 Å². The van der Waals surface area contributed by atoms with Crippen LogP contribution in [0.3, 0.4) is 0 Å². The molecule has 0 saturated carbocycles. The Morgan fingerprint density at radius 1 is 1.08 bits per heavy atom. The van der Waals surface area contributed by atoms with Crippen molar-refractivity contribution in [3.63, 3.8) is 0 Å². The molecule has 0 aliphatic rings. The van der Waals surface area contributed by atoms with Crippen molar-refractivity contribution in [1.82, 2.24) is 15.1 Å². The fourth-order valence-electron chi connectivity index (χ4n) is 2.10. The highest BCUT2D eigenvalue weighted by atomic mass is 32.1. The second-order valence-electron chi connectivity index (χ2n) is 4.97. The van der Waals surface area contributed by atoms with Crippen LogP contribution in [0, 0.1) is 0 Å². The van der Waals surface area contributed by atoms with Gasteiger partial charge in [-0.1, -0.05) is 41.6 Å². The molecule has 0 aliphatic heterocycles. The summed E-state index contributed by atoms with van der Waals surface area (Å²) < 4.78 is 10.3. The van der Waals surface area contributed by atoms with Crippen molar-refractivity contribution >= 4 is 28.6 Å². The number of rotatable bonds is 5. The Balaban J connectivity index is 1.40. The van der Waals surface area contributed by atoms with Gasteiger partial charge in [-0.05, 0) is 11.4 Å². The van der Waals surface area contributed by atoms with Gasteiger partial charge in [-0.25, -0.2) is 9.78 Å². The topological polar surface area (TPSA) is 78.1 Å². The van der Waals surface area contributed by atoms with Gasteiger partial charge in [-0.15, -0.1) is 22.7 Å². The van der Waals surface area contributed by atoms with Crippen molar-refractivity contribution in [2.45, 2.75) is 6.61 Å². The normalized spacial score (nSPS) is 10.7. The number of ether oxygens (including phenoxy) is 1. The molecule has 1 aromatic carbocycles. The summed E-state index contributed by atoms with van der Waals surface area (Å²) >= 11 is 2.98. The van der Waals surface area contributed by atoms with Crippen LogP contribution in [0.4, 0.5) is 0 Å². The highest BCUT2D eigenvalue weighted by Gasteiger charge is 2.16. The summed E-state index contributed by atoms with van der Waals surface area (Å²) in [7, 11) is 0. The van der Waals surface area contributed by atoms with E-state index in [4.69, 9.17) is 9.26 Å². The third kappa shape index (κ3) is 3.49. The Bertz CT molecular complexity index is 978. The number of thiazole rings is 1. The largest absolute Gasteiger partial charge is 0.451 e. The lowest BCUT2D eigenvalue weighted by Gasteiger charge is -1.98. The van der Waals surface area contributed by atoms with Crippen molar-refractivity contribution in [3.8, 4) is 21.3 Å². The average Bonchev–Trinajstić information content (AvgIpc) is 3.41. The number of esters is 1. The van der Waals surface area contributed by atoms with Crippen LogP contribution in [0.2, 0.25) is 0 Å². The number of carbonyl (C=O) groups is 1. The summed E-state index contributed by atoms with van der Waals surface area (Å²) in [5, 5.41) is 8.33. The molecule has 0 saturated heterocycles. The molecule has 0 N–H and O–H groups in total. The quantitative estimate of drug-likeness (QED) is 0.489. The molecule has 0 radical (unpaired) electrons. The fraction of sp³-hybridized carbons (Fsp3) is 0.0588. The Labute approximate surface area is 150 Å². The van der Waals surface area contributed by atoms with Crippen molar-refractivity contribution in [3.05, 3.63) is 64.8 Å². The Hall–Kier alpha value is -2.84. The van der Waals surface area contributed by atoms with Gasteiger partial charge >= 0.3 is 5.97 Å². The van der Waals surface area contributed by atoms with Gasteiger partial charge in [0.05, 0.1) is 4.88 Å². The van der Waals surface area contributed by atoms with Gasteiger partial charge in [-0.2, -0.15) is 4.98 Å². The first kappa shape index (κ1) is 15.7. The van der Waals surface area contributed by atoms with E-state index in [2.05, 4.69) is 15.1 Å². The van der Waals surface area contributed by atoms with E-state index in [1.807, 2.05) is 47.8 Å². The highest BCUT2D eigenvalue weighted by Crippen LogP contribution is 2.28. The first-order chi connectivity index (χ1) is 12.3. The molecular formula is C17H11N3O3S2. The molecule has 25 heavy (non-hydrogen) atoms. The minimum absolute atomic E-state index is 0.0927. The van der Waals surface area contributed by atoms with Crippen LogP contribution in [0.5, 0.6) is 0 Å². The Kier molecular flexibility index (Phi) is 4.36. The molecule has 3 aromatic heterocycles.